The van der Waals surface area contributed by atoms with Crippen LogP contribution in [-0.4, -0.2) is 45.4 Å². The molecule has 146 valence electrons. The Bertz CT molecular complexity index is 558. The predicted molar refractivity (Wildman–Crippen MR) is 106 cm³/mol. The van der Waals surface area contributed by atoms with Crippen LogP contribution in [0.15, 0.2) is 18.2 Å². The van der Waals surface area contributed by atoms with Gasteiger partial charge in [-0.1, -0.05) is 18.9 Å². The molecule has 0 aromatic heterocycles. The molecule has 1 atom stereocenters. The lowest BCUT2D eigenvalue weighted by atomic mass is 9.97. The molecule has 0 spiro atoms. The van der Waals surface area contributed by atoms with E-state index in [1.165, 1.54) is 6.42 Å². The largest absolute Gasteiger partial charge is 0.493 e. The van der Waals surface area contributed by atoms with Crippen LogP contribution in [0.25, 0.3) is 0 Å². The molecule has 1 heterocycles. The fraction of sp³-hybridized carbons (Fsp3) is 0.667. The van der Waals surface area contributed by atoms with E-state index in [-0.39, 0.29) is 11.9 Å². The van der Waals surface area contributed by atoms with Gasteiger partial charge in [0.25, 0.3) is 0 Å². The molecule has 5 heteroatoms. The summed E-state index contributed by atoms with van der Waals surface area (Å²) in [5.41, 5.74) is 2.04. The highest BCUT2D eigenvalue weighted by molar-refractivity contribution is 5.80. The fourth-order valence-corrected chi connectivity index (χ4v) is 3.42. The maximum Gasteiger partial charge on any atom is 0.314 e. The van der Waals surface area contributed by atoms with Gasteiger partial charge in [0.15, 0.2) is 0 Å². The summed E-state index contributed by atoms with van der Waals surface area (Å²) < 4.78 is 11.5. The van der Waals surface area contributed by atoms with E-state index in [1.54, 1.807) is 0 Å². The van der Waals surface area contributed by atoms with Gasteiger partial charge in [-0.25, -0.2) is 0 Å². The summed E-state index contributed by atoms with van der Waals surface area (Å²) in [6.07, 6.45) is 4.37. The molecule has 0 amide bonds. The molecule has 1 saturated heterocycles. The average molecular weight is 363 g/mol. The number of carbonyl (C=O) groups excluding carboxylic acids is 1. The number of hydrogen-bond acceptors (Lipinski definition) is 5. The molecule has 1 aromatic rings. The third-order valence-electron chi connectivity index (χ3n) is 4.93. The molecule has 1 aliphatic rings. The number of esters is 1. The second-order valence-electron chi connectivity index (χ2n) is 6.67. The molecule has 1 unspecified atom stereocenters. The fourth-order valence-electron chi connectivity index (χ4n) is 3.42. The second-order valence-corrected chi connectivity index (χ2v) is 6.67. The summed E-state index contributed by atoms with van der Waals surface area (Å²) in [6.45, 7) is 10.7. The van der Waals surface area contributed by atoms with Crippen molar-refractivity contribution in [1.82, 2.24) is 5.32 Å². The summed E-state index contributed by atoms with van der Waals surface area (Å²) in [5.74, 6) is 0.298. The summed E-state index contributed by atoms with van der Waals surface area (Å²) in [4.78, 5) is 15.0. The van der Waals surface area contributed by atoms with E-state index in [2.05, 4.69) is 36.2 Å². The number of rotatable bonds is 6. The Labute approximate surface area is 158 Å². The van der Waals surface area contributed by atoms with Crippen molar-refractivity contribution in [2.24, 2.45) is 0 Å². The minimum absolute atomic E-state index is 0.157. The Hall–Kier alpha value is -1.75. The Morgan fingerprint density at radius 2 is 1.92 bits per heavy atom. The van der Waals surface area contributed by atoms with E-state index >= 15 is 0 Å². The van der Waals surface area contributed by atoms with E-state index in [0.29, 0.717) is 19.8 Å². The zero-order valence-electron chi connectivity index (χ0n) is 16.6. The van der Waals surface area contributed by atoms with E-state index in [0.717, 1.165) is 55.9 Å². The van der Waals surface area contributed by atoms with Crippen LogP contribution in [0.5, 0.6) is 5.75 Å². The highest BCUT2D eigenvalue weighted by Crippen LogP contribution is 2.32. The van der Waals surface area contributed by atoms with Gasteiger partial charge in [-0.2, -0.15) is 0 Å². The third kappa shape index (κ3) is 5.63. The van der Waals surface area contributed by atoms with Crippen molar-refractivity contribution in [3.8, 4) is 5.75 Å². The van der Waals surface area contributed by atoms with Crippen molar-refractivity contribution < 1.29 is 14.3 Å². The monoisotopic (exact) mass is 362 g/mol. The molecule has 1 aromatic carbocycles. The molecule has 0 radical (unpaired) electrons. The number of nitrogens with one attached hydrogen (secondary N) is 1. The standard InChI is InChI=1S/C21H34N2O3/c1-4-23(5-2)17-11-12-18(20(15-17)25-6-3)19-16-22-13-9-7-8-10-14-26-21(19)24/h11-12,15,19,22H,4-10,13-14,16H2,1-3H3. The third-order valence-corrected chi connectivity index (χ3v) is 4.93. The van der Waals surface area contributed by atoms with Gasteiger partial charge in [0, 0.05) is 37.0 Å². The van der Waals surface area contributed by atoms with Crippen molar-refractivity contribution in [1.29, 1.82) is 0 Å². The number of carbonyl (C=O) groups is 1. The van der Waals surface area contributed by atoms with Gasteiger partial charge in [-0.15, -0.1) is 0 Å². The second kappa shape index (κ2) is 11.1. The van der Waals surface area contributed by atoms with Gasteiger partial charge in [0.05, 0.1) is 19.1 Å². The SMILES string of the molecule is CCOc1cc(N(CC)CC)ccc1C1CNCCCCCCOC1=O. The minimum Gasteiger partial charge on any atom is -0.493 e. The molecule has 0 aliphatic carbocycles. The van der Waals surface area contributed by atoms with Gasteiger partial charge in [-0.3, -0.25) is 4.79 Å². The number of benzene rings is 1. The quantitative estimate of drug-likeness (QED) is 0.782. The number of nitrogens with zero attached hydrogens (tertiary/aromatic N) is 1. The lowest BCUT2D eigenvalue weighted by molar-refractivity contribution is -0.145. The van der Waals surface area contributed by atoms with Crippen LogP contribution in [0.2, 0.25) is 0 Å². The minimum atomic E-state index is -0.333. The number of ether oxygens (including phenoxy) is 2. The first-order valence-corrected chi connectivity index (χ1v) is 10.1. The van der Waals surface area contributed by atoms with Crippen molar-refractivity contribution in [3.63, 3.8) is 0 Å². The number of anilines is 1. The van der Waals surface area contributed by atoms with Gasteiger partial charge in [0.2, 0.25) is 0 Å². The summed E-state index contributed by atoms with van der Waals surface area (Å²) in [6, 6.07) is 6.18. The first-order chi connectivity index (χ1) is 12.7. The first kappa shape index (κ1) is 20.6. The molecule has 0 bridgehead atoms. The van der Waals surface area contributed by atoms with E-state index in [9.17, 15) is 4.79 Å². The molecule has 1 N–H and O–H groups in total. The van der Waals surface area contributed by atoms with Crippen LogP contribution in [0, 0.1) is 0 Å². The smallest absolute Gasteiger partial charge is 0.314 e. The highest BCUT2D eigenvalue weighted by Gasteiger charge is 2.26. The molecule has 26 heavy (non-hydrogen) atoms. The summed E-state index contributed by atoms with van der Waals surface area (Å²) in [5, 5.41) is 3.42. The molecule has 1 aliphatic heterocycles. The van der Waals surface area contributed by atoms with Crippen LogP contribution < -0.4 is 15.0 Å². The van der Waals surface area contributed by atoms with E-state index in [4.69, 9.17) is 9.47 Å². The van der Waals surface area contributed by atoms with E-state index in [1.807, 2.05) is 13.0 Å². The molecule has 5 nitrogen and oxygen atoms in total. The van der Waals surface area contributed by atoms with Gasteiger partial charge in [-0.05, 0) is 46.2 Å². The topological polar surface area (TPSA) is 50.8 Å². The Morgan fingerprint density at radius 3 is 2.65 bits per heavy atom. The molecule has 1 fully saturated rings. The lowest BCUT2D eigenvalue weighted by Crippen LogP contribution is -2.29. The molecule has 2 rings (SSSR count). The van der Waals surface area contributed by atoms with Gasteiger partial charge < -0.3 is 19.7 Å². The molecular formula is C21H34N2O3. The number of hydrogen-bond donors (Lipinski definition) is 1. The van der Waals surface area contributed by atoms with Crippen molar-refractivity contribution in [3.05, 3.63) is 23.8 Å². The van der Waals surface area contributed by atoms with Gasteiger partial charge in [0.1, 0.15) is 5.75 Å². The van der Waals surface area contributed by atoms with Crippen molar-refractivity contribution in [2.45, 2.75) is 52.4 Å². The number of cyclic esters (lactones) is 1. The maximum atomic E-state index is 12.7. The maximum absolute atomic E-state index is 12.7. The molecular weight excluding hydrogens is 328 g/mol. The Kier molecular flexibility index (Phi) is 8.75. The summed E-state index contributed by atoms with van der Waals surface area (Å²) in [7, 11) is 0. The van der Waals surface area contributed by atoms with Crippen molar-refractivity contribution in [2.75, 3.05) is 44.3 Å². The predicted octanol–water partition coefficient (Wildman–Crippen LogP) is 3.72. The van der Waals surface area contributed by atoms with Crippen LogP contribution in [0.1, 0.15) is 57.9 Å². The molecule has 0 saturated carbocycles. The Balaban J connectivity index is 2.29. The Morgan fingerprint density at radius 1 is 1.15 bits per heavy atom. The zero-order chi connectivity index (χ0) is 18.8. The normalized spacial score (nSPS) is 19.3. The van der Waals surface area contributed by atoms with E-state index < -0.39 is 0 Å². The first-order valence-electron chi connectivity index (χ1n) is 10.1. The lowest BCUT2D eigenvalue weighted by Gasteiger charge is -2.25. The highest BCUT2D eigenvalue weighted by atomic mass is 16.5. The zero-order valence-corrected chi connectivity index (χ0v) is 16.6. The van der Waals surface area contributed by atoms with Crippen LogP contribution in [0.4, 0.5) is 5.69 Å². The van der Waals surface area contributed by atoms with Gasteiger partial charge >= 0.3 is 5.97 Å². The average Bonchev–Trinajstić information content (AvgIpc) is 2.69. The van der Waals surface area contributed by atoms with Crippen LogP contribution >= 0.6 is 0 Å². The van der Waals surface area contributed by atoms with Crippen LogP contribution in [0.3, 0.4) is 0 Å². The van der Waals surface area contributed by atoms with Crippen molar-refractivity contribution >= 4 is 11.7 Å². The van der Waals surface area contributed by atoms with Crippen LogP contribution in [-0.2, 0) is 9.53 Å². The summed E-state index contributed by atoms with van der Waals surface area (Å²) >= 11 is 0.